The molecule has 3 nitrogen and oxygen atoms in total. The van der Waals surface area contributed by atoms with Crippen molar-refractivity contribution in [3.8, 4) is 5.88 Å². The maximum absolute atomic E-state index is 5.50. The van der Waals surface area contributed by atoms with Gasteiger partial charge in [-0.05, 0) is 49.0 Å². The minimum absolute atomic E-state index is 0.344. The van der Waals surface area contributed by atoms with Gasteiger partial charge >= 0.3 is 0 Å². The SMILES string of the molecule is CCOc1cccc(NC2C3(C)CCC(C3)C2(C)C)n1. The minimum Gasteiger partial charge on any atom is -0.478 e. The second kappa shape index (κ2) is 4.64. The third kappa shape index (κ3) is 2.07. The fraction of sp³-hybridized carbons (Fsp3) is 0.706. The van der Waals surface area contributed by atoms with Gasteiger partial charge in [0, 0.05) is 12.1 Å². The van der Waals surface area contributed by atoms with Crippen molar-refractivity contribution in [2.45, 2.75) is 53.0 Å². The Morgan fingerprint density at radius 1 is 1.35 bits per heavy atom. The number of rotatable bonds is 4. The third-order valence-electron chi connectivity index (χ3n) is 5.58. The second-order valence-electron chi connectivity index (χ2n) is 7.29. The lowest BCUT2D eigenvalue weighted by atomic mass is 9.68. The predicted molar refractivity (Wildman–Crippen MR) is 82.0 cm³/mol. The van der Waals surface area contributed by atoms with Crippen LogP contribution in [0.5, 0.6) is 5.88 Å². The van der Waals surface area contributed by atoms with Crippen LogP contribution in [0.2, 0.25) is 0 Å². The molecule has 3 unspecified atom stereocenters. The Morgan fingerprint density at radius 3 is 2.80 bits per heavy atom. The Kier molecular flexibility index (Phi) is 3.19. The molecule has 0 spiro atoms. The molecule has 2 aliphatic carbocycles. The smallest absolute Gasteiger partial charge is 0.215 e. The van der Waals surface area contributed by atoms with E-state index in [1.807, 2.05) is 25.1 Å². The monoisotopic (exact) mass is 274 g/mol. The standard InChI is InChI=1S/C17H26N2O/c1-5-20-14-8-6-7-13(18-14)19-15-16(2,3)12-9-10-17(15,4)11-12/h6-8,12,15H,5,9-11H2,1-4H3,(H,18,19). The second-order valence-corrected chi connectivity index (χ2v) is 7.29. The van der Waals surface area contributed by atoms with E-state index < -0.39 is 0 Å². The Morgan fingerprint density at radius 2 is 2.15 bits per heavy atom. The van der Waals surface area contributed by atoms with Gasteiger partial charge in [-0.15, -0.1) is 0 Å². The zero-order chi connectivity index (χ0) is 14.4. The molecule has 0 amide bonds. The molecule has 2 saturated carbocycles. The van der Waals surface area contributed by atoms with Gasteiger partial charge in [0.2, 0.25) is 5.88 Å². The van der Waals surface area contributed by atoms with Gasteiger partial charge in [-0.3, -0.25) is 0 Å². The van der Waals surface area contributed by atoms with Gasteiger partial charge in [0.05, 0.1) is 6.61 Å². The summed E-state index contributed by atoms with van der Waals surface area (Å²) < 4.78 is 5.50. The Balaban J connectivity index is 1.82. The van der Waals surface area contributed by atoms with Gasteiger partial charge in [-0.1, -0.05) is 26.8 Å². The Hall–Kier alpha value is -1.25. The summed E-state index contributed by atoms with van der Waals surface area (Å²) >= 11 is 0. The molecular formula is C17H26N2O. The zero-order valence-corrected chi connectivity index (χ0v) is 13.1. The predicted octanol–water partition coefficient (Wildman–Crippen LogP) is 4.11. The summed E-state index contributed by atoms with van der Waals surface area (Å²) in [6.07, 6.45) is 4.07. The highest BCUT2D eigenvalue weighted by Crippen LogP contribution is 2.63. The maximum atomic E-state index is 5.50. The average molecular weight is 274 g/mol. The molecule has 2 aliphatic rings. The van der Waals surface area contributed by atoms with Crippen molar-refractivity contribution in [1.29, 1.82) is 0 Å². The summed E-state index contributed by atoms with van der Waals surface area (Å²) in [5, 5.41) is 3.71. The van der Waals surface area contributed by atoms with E-state index in [2.05, 4.69) is 31.1 Å². The van der Waals surface area contributed by atoms with Crippen molar-refractivity contribution in [2.24, 2.45) is 16.7 Å². The van der Waals surface area contributed by atoms with Gasteiger partial charge in [-0.2, -0.15) is 4.98 Å². The highest BCUT2D eigenvalue weighted by atomic mass is 16.5. The van der Waals surface area contributed by atoms with Crippen molar-refractivity contribution in [3.05, 3.63) is 18.2 Å². The molecule has 0 aromatic carbocycles. The summed E-state index contributed by atoms with van der Waals surface area (Å²) in [6.45, 7) is 9.90. The fourth-order valence-corrected chi connectivity index (χ4v) is 4.53. The van der Waals surface area contributed by atoms with Crippen LogP contribution in [0.15, 0.2) is 18.2 Å². The van der Waals surface area contributed by atoms with E-state index in [-0.39, 0.29) is 0 Å². The molecule has 1 N–H and O–H groups in total. The highest BCUT2D eigenvalue weighted by Gasteiger charge is 2.59. The van der Waals surface area contributed by atoms with Crippen molar-refractivity contribution in [3.63, 3.8) is 0 Å². The molecule has 3 atom stereocenters. The normalized spacial score (nSPS) is 34.2. The van der Waals surface area contributed by atoms with Crippen LogP contribution in [-0.2, 0) is 0 Å². The average Bonchev–Trinajstić information content (AvgIpc) is 2.87. The maximum Gasteiger partial charge on any atom is 0.215 e. The van der Waals surface area contributed by atoms with Gasteiger partial charge in [-0.25, -0.2) is 0 Å². The molecule has 0 saturated heterocycles. The first-order valence-corrected chi connectivity index (χ1v) is 7.82. The first-order chi connectivity index (χ1) is 9.45. The number of hydrogen-bond donors (Lipinski definition) is 1. The molecule has 110 valence electrons. The van der Waals surface area contributed by atoms with E-state index in [9.17, 15) is 0 Å². The van der Waals surface area contributed by atoms with Crippen LogP contribution < -0.4 is 10.1 Å². The molecule has 1 aromatic rings. The van der Waals surface area contributed by atoms with Crippen LogP contribution in [0, 0.1) is 16.7 Å². The molecule has 3 rings (SSSR count). The molecule has 20 heavy (non-hydrogen) atoms. The summed E-state index contributed by atoms with van der Waals surface area (Å²) in [7, 11) is 0. The lowest BCUT2D eigenvalue weighted by molar-refractivity contribution is 0.155. The molecular weight excluding hydrogens is 248 g/mol. The fourth-order valence-electron chi connectivity index (χ4n) is 4.53. The number of aromatic nitrogens is 1. The lowest BCUT2D eigenvalue weighted by Crippen LogP contribution is -2.45. The van der Waals surface area contributed by atoms with Crippen LogP contribution in [0.1, 0.15) is 47.0 Å². The molecule has 3 heteroatoms. The van der Waals surface area contributed by atoms with E-state index in [1.54, 1.807) is 0 Å². The molecule has 0 aliphatic heterocycles. The summed E-state index contributed by atoms with van der Waals surface area (Å²) in [4.78, 5) is 4.57. The Bertz CT molecular complexity index is 495. The van der Waals surface area contributed by atoms with Gasteiger partial charge < -0.3 is 10.1 Å². The van der Waals surface area contributed by atoms with Crippen LogP contribution in [0.3, 0.4) is 0 Å². The third-order valence-corrected chi connectivity index (χ3v) is 5.58. The summed E-state index contributed by atoms with van der Waals surface area (Å²) in [6, 6.07) is 6.48. The van der Waals surface area contributed by atoms with Crippen LogP contribution >= 0.6 is 0 Å². The van der Waals surface area contributed by atoms with Crippen molar-refractivity contribution in [1.82, 2.24) is 4.98 Å². The first kappa shape index (κ1) is 13.7. The number of hydrogen-bond acceptors (Lipinski definition) is 3. The van der Waals surface area contributed by atoms with Gasteiger partial charge in [0.1, 0.15) is 5.82 Å². The number of pyridine rings is 1. The number of ether oxygens (including phenoxy) is 1. The van der Waals surface area contributed by atoms with E-state index >= 15 is 0 Å². The highest BCUT2D eigenvalue weighted by molar-refractivity contribution is 5.40. The quantitative estimate of drug-likeness (QED) is 0.897. The molecule has 0 radical (unpaired) electrons. The van der Waals surface area contributed by atoms with E-state index in [0.29, 0.717) is 29.4 Å². The van der Waals surface area contributed by atoms with Crippen molar-refractivity contribution >= 4 is 5.82 Å². The van der Waals surface area contributed by atoms with Crippen molar-refractivity contribution < 1.29 is 4.74 Å². The summed E-state index contributed by atoms with van der Waals surface area (Å²) in [5.74, 6) is 2.51. The van der Waals surface area contributed by atoms with E-state index in [4.69, 9.17) is 4.74 Å². The topological polar surface area (TPSA) is 34.1 Å². The molecule has 1 aromatic heterocycles. The van der Waals surface area contributed by atoms with E-state index in [1.165, 1.54) is 19.3 Å². The summed E-state index contributed by atoms with van der Waals surface area (Å²) in [5.41, 5.74) is 0.758. The van der Waals surface area contributed by atoms with Gasteiger partial charge in [0.15, 0.2) is 0 Å². The van der Waals surface area contributed by atoms with Crippen LogP contribution in [0.25, 0.3) is 0 Å². The van der Waals surface area contributed by atoms with Crippen LogP contribution in [0.4, 0.5) is 5.82 Å². The Labute approximate surface area is 122 Å². The number of anilines is 1. The lowest BCUT2D eigenvalue weighted by Gasteiger charge is -2.43. The molecule has 2 fully saturated rings. The zero-order valence-electron chi connectivity index (χ0n) is 13.1. The van der Waals surface area contributed by atoms with Gasteiger partial charge in [0.25, 0.3) is 0 Å². The van der Waals surface area contributed by atoms with Crippen molar-refractivity contribution in [2.75, 3.05) is 11.9 Å². The number of nitrogens with zero attached hydrogens (tertiary/aromatic N) is 1. The number of nitrogens with one attached hydrogen (secondary N) is 1. The largest absolute Gasteiger partial charge is 0.478 e. The first-order valence-electron chi connectivity index (χ1n) is 7.82. The van der Waals surface area contributed by atoms with E-state index in [0.717, 1.165) is 11.7 Å². The molecule has 1 heterocycles. The van der Waals surface area contributed by atoms with Crippen LogP contribution in [-0.4, -0.2) is 17.6 Å². The molecule has 2 bridgehead atoms. The number of fused-ring (bicyclic) bond motifs is 2. The minimum atomic E-state index is 0.344.